The van der Waals surface area contributed by atoms with Gasteiger partial charge in [-0.15, -0.1) is 0 Å². The first-order chi connectivity index (χ1) is 12.2. The molecule has 1 aromatic heterocycles. The fourth-order valence-electron chi connectivity index (χ4n) is 2.43. The summed E-state index contributed by atoms with van der Waals surface area (Å²) in [4.78, 5) is 16.6. The van der Waals surface area contributed by atoms with Crippen molar-refractivity contribution in [3.8, 4) is 11.5 Å². The maximum absolute atomic E-state index is 12.3. The van der Waals surface area contributed by atoms with Crippen LogP contribution in [0.2, 0.25) is 5.02 Å². The van der Waals surface area contributed by atoms with E-state index in [2.05, 4.69) is 10.1 Å². The number of carbonyl (C=O) groups excluding carboxylic acids is 1. The van der Waals surface area contributed by atoms with Gasteiger partial charge in [0.15, 0.2) is 23.4 Å². The van der Waals surface area contributed by atoms with Gasteiger partial charge >= 0.3 is 5.97 Å². The molecule has 140 valence electrons. The molecule has 0 radical (unpaired) electrons. The first-order valence-corrected chi connectivity index (χ1v) is 8.73. The van der Waals surface area contributed by atoms with Gasteiger partial charge in [-0.3, -0.25) is 4.79 Å². The number of fused-ring (bicyclic) bond motifs is 1. The number of rotatable bonds is 4. The highest BCUT2D eigenvalue weighted by Gasteiger charge is 2.25. The molecular formula is C18H21ClN2O5. The van der Waals surface area contributed by atoms with Crippen LogP contribution in [-0.4, -0.2) is 29.3 Å². The third-order valence-electron chi connectivity index (χ3n) is 3.77. The van der Waals surface area contributed by atoms with Crippen molar-refractivity contribution in [1.29, 1.82) is 0 Å². The molecule has 0 saturated heterocycles. The highest BCUT2D eigenvalue weighted by atomic mass is 35.5. The number of hydrogen-bond donors (Lipinski definition) is 0. The standard InChI is InChI=1S/C18H21ClN2O5/c1-10(16-20-17(21-26-16)18(2,3)4)25-14(22)9-11-7-12(19)15-13(8-11)23-5-6-24-15/h7-8,10H,5-6,9H2,1-4H3. The van der Waals surface area contributed by atoms with E-state index in [0.717, 1.165) is 0 Å². The van der Waals surface area contributed by atoms with E-state index in [1.165, 1.54) is 0 Å². The zero-order chi connectivity index (χ0) is 18.9. The summed E-state index contributed by atoms with van der Waals surface area (Å²) < 4.78 is 21.6. The van der Waals surface area contributed by atoms with Gasteiger partial charge in [0.25, 0.3) is 5.89 Å². The van der Waals surface area contributed by atoms with E-state index in [1.54, 1.807) is 19.1 Å². The molecule has 1 aliphatic heterocycles. The summed E-state index contributed by atoms with van der Waals surface area (Å²) in [5, 5.41) is 4.34. The number of hydrogen-bond acceptors (Lipinski definition) is 7. The van der Waals surface area contributed by atoms with Crippen LogP contribution in [0.25, 0.3) is 0 Å². The maximum Gasteiger partial charge on any atom is 0.311 e. The highest BCUT2D eigenvalue weighted by Crippen LogP contribution is 2.38. The highest BCUT2D eigenvalue weighted by molar-refractivity contribution is 6.32. The Bertz CT molecular complexity index is 812. The Labute approximate surface area is 156 Å². The van der Waals surface area contributed by atoms with Gasteiger partial charge in [-0.2, -0.15) is 4.98 Å². The van der Waals surface area contributed by atoms with Crippen LogP contribution >= 0.6 is 11.6 Å². The third-order valence-corrected chi connectivity index (χ3v) is 4.05. The van der Waals surface area contributed by atoms with Gasteiger partial charge in [0.1, 0.15) is 13.2 Å². The van der Waals surface area contributed by atoms with Crippen LogP contribution in [0.3, 0.4) is 0 Å². The summed E-state index contributed by atoms with van der Waals surface area (Å²) in [5.41, 5.74) is 0.435. The predicted molar refractivity (Wildman–Crippen MR) is 93.7 cm³/mol. The topological polar surface area (TPSA) is 83.7 Å². The van der Waals surface area contributed by atoms with Gasteiger partial charge in [-0.05, 0) is 24.6 Å². The Balaban J connectivity index is 1.65. The van der Waals surface area contributed by atoms with E-state index >= 15 is 0 Å². The van der Waals surface area contributed by atoms with Gasteiger partial charge in [-0.25, -0.2) is 0 Å². The van der Waals surface area contributed by atoms with Gasteiger partial charge in [0.2, 0.25) is 0 Å². The molecule has 0 N–H and O–H groups in total. The van der Waals surface area contributed by atoms with E-state index < -0.39 is 12.1 Å². The Morgan fingerprint density at radius 3 is 2.73 bits per heavy atom. The molecule has 2 aromatic rings. The molecule has 0 saturated carbocycles. The number of ether oxygens (including phenoxy) is 3. The van der Waals surface area contributed by atoms with Crippen LogP contribution in [0.1, 0.15) is 51.1 Å². The molecule has 1 aromatic carbocycles. The van der Waals surface area contributed by atoms with Crippen molar-refractivity contribution < 1.29 is 23.5 Å². The third kappa shape index (κ3) is 4.09. The lowest BCUT2D eigenvalue weighted by Crippen LogP contribution is -2.17. The Kier molecular flexibility index (Phi) is 5.09. The molecule has 3 rings (SSSR count). The van der Waals surface area contributed by atoms with Gasteiger partial charge < -0.3 is 18.7 Å². The number of aromatic nitrogens is 2. The van der Waals surface area contributed by atoms with Crippen molar-refractivity contribution in [2.75, 3.05) is 13.2 Å². The minimum atomic E-state index is -0.640. The largest absolute Gasteiger partial charge is 0.486 e. The zero-order valence-corrected chi connectivity index (χ0v) is 15.9. The van der Waals surface area contributed by atoms with Gasteiger partial charge in [-0.1, -0.05) is 37.5 Å². The first kappa shape index (κ1) is 18.5. The lowest BCUT2D eigenvalue weighted by Gasteiger charge is -2.20. The Hall–Kier alpha value is -2.28. The van der Waals surface area contributed by atoms with Gasteiger partial charge in [0, 0.05) is 5.41 Å². The molecule has 0 fully saturated rings. The van der Waals surface area contributed by atoms with E-state index in [1.807, 2.05) is 20.8 Å². The Morgan fingerprint density at radius 2 is 2.04 bits per heavy atom. The molecule has 26 heavy (non-hydrogen) atoms. The van der Waals surface area contributed by atoms with E-state index in [0.29, 0.717) is 41.1 Å². The van der Waals surface area contributed by atoms with Crippen molar-refractivity contribution >= 4 is 17.6 Å². The molecule has 0 aliphatic carbocycles. The van der Waals surface area contributed by atoms with Gasteiger partial charge in [0.05, 0.1) is 11.4 Å². The Morgan fingerprint density at radius 1 is 1.31 bits per heavy atom. The van der Waals surface area contributed by atoms with E-state index in [9.17, 15) is 4.79 Å². The van der Waals surface area contributed by atoms with E-state index in [-0.39, 0.29) is 17.7 Å². The molecule has 1 unspecified atom stereocenters. The summed E-state index contributed by atoms with van der Waals surface area (Å²) in [7, 11) is 0. The molecule has 7 nitrogen and oxygen atoms in total. The van der Waals surface area contributed by atoms with Crippen molar-refractivity contribution in [3.05, 3.63) is 34.4 Å². The normalized spacial score (nSPS) is 14.8. The molecule has 0 spiro atoms. The fourth-order valence-corrected chi connectivity index (χ4v) is 2.72. The van der Waals surface area contributed by atoms with Crippen LogP contribution < -0.4 is 9.47 Å². The summed E-state index contributed by atoms with van der Waals surface area (Å²) >= 11 is 6.19. The van der Waals surface area contributed by atoms with Crippen LogP contribution in [0.5, 0.6) is 11.5 Å². The molecular weight excluding hydrogens is 360 g/mol. The monoisotopic (exact) mass is 380 g/mol. The lowest BCUT2D eigenvalue weighted by atomic mass is 9.96. The molecule has 1 aliphatic rings. The molecule has 1 atom stereocenters. The quantitative estimate of drug-likeness (QED) is 0.748. The maximum atomic E-state index is 12.3. The van der Waals surface area contributed by atoms with Crippen molar-refractivity contribution in [2.45, 2.75) is 45.6 Å². The molecule has 8 heteroatoms. The number of carbonyl (C=O) groups is 1. The van der Waals surface area contributed by atoms with Crippen LogP contribution in [0, 0.1) is 0 Å². The smallest absolute Gasteiger partial charge is 0.311 e. The first-order valence-electron chi connectivity index (χ1n) is 8.35. The zero-order valence-electron chi connectivity index (χ0n) is 15.2. The number of esters is 1. The summed E-state index contributed by atoms with van der Waals surface area (Å²) in [6, 6.07) is 3.40. The second kappa shape index (κ2) is 7.15. The minimum absolute atomic E-state index is 0.0426. The molecule has 0 bridgehead atoms. The lowest BCUT2D eigenvalue weighted by molar-refractivity contribution is -0.148. The fraction of sp³-hybridized carbons (Fsp3) is 0.500. The molecule has 0 amide bonds. The van der Waals surface area contributed by atoms with Crippen molar-refractivity contribution in [2.24, 2.45) is 0 Å². The minimum Gasteiger partial charge on any atom is -0.486 e. The SMILES string of the molecule is CC(OC(=O)Cc1cc(Cl)c2c(c1)OCCO2)c1nc(C(C)(C)C)no1. The summed E-state index contributed by atoms with van der Waals surface area (Å²) in [6.45, 7) is 8.51. The summed E-state index contributed by atoms with van der Waals surface area (Å²) in [5.74, 6) is 1.44. The van der Waals surface area contributed by atoms with Crippen LogP contribution in [-0.2, 0) is 21.4 Å². The van der Waals surface area contributed by atoms with Crippen LogP contribution in [0.4, 0.5) is 0 Å². The second-order valence-corrected chi connectivity index (χ2v) is 7.52. The van der Waals surface area contributed by atoms with Crippen LogP contribution in [0.15, 0.2) is 16.7 Å². The van der Waals surface area contributed by atoms with Crippen molar-refractivity contribution in [3.63, 3.8) is 0 Å². The number of benzene rings is 1. The van der Waals surface area contributed by atoms with Crippen molar-refractivity contribution in [1.82, 2.24) is 10.1 Å². The second-order valence-electron chi connectivity index (χ2n) is 7.12. The number of nitrogens with zero attached hydrogens (tertiary/aromatic N) is 2. The molecule has 2 heterocycles. The average Bonchev–Trinajstić information content (AvgIpc) is 3.05. The van der Waals surface area contributed by atoms with E-state index in [4.69, 9.17) is 30.3 Å². The summed E-state index contributed by atoms with van der Waals surface area (Å²) in [6.07, 6.45) is -0.597. The number of halogens is 1. The predicted octanol–water partition coefficient (Wildman–Crippen LogP) is 3.64. The average molecular weight is 381 g/mol.